The van der Waals surface area contributed by atoms with Gasteiger partial charge in [0, 0.05) is 37.3 Å². The standard InChI is InChI=1S/C26H27N7O2/c27-14-19-6-3-12-32(19)24(34)17-31-13-10-21(16-31)33(20-5-2-11-29-15-20)23-9-8-18-4-1-7-22(26(28)35)25(18)30-23/h1-2,4-5,7-9,11,15,19,21H,3,6,10,12-13,16-17H2,(H2,28,35)/t19-,21-/m0/s1. The summed E-state index contributed by atoms with van der Waals surface area (Å²) in [6.45, 7) is 2.38. The molecule has 1 aromatic carbocycles. The van der Waals surface area contributed by atoms with E-state index in [9.17, 15) is 14.9 Å². The number of nitrogens with zero attached hydrogens (tertiary/aromatic N) is 6. The van der Waals surface area contributed by atoms with Gasteiger partial charge in [-0.3, -0.25) is 19.5 Å². The van der Waals surface area contributed by atoms with Crippen LogP contribution in [0.3, 0.4) is 0 Å². The first-order valence-electron chi connectivity index (χ1n) is 11.9. The molecule has 0 bridgehead atoms. The summed E-state index contributed by atoms with van der Waals surface area (Å²) < 4.78 is 0. The Morgan fingerprint density at radius 1 is 1.14 bits per heavy atom. The first-order chi connectivity index (χ1) is 17.0. The number of nitriles is 1. The second kappa shape index (κ2) is 9.68. The fraction of sp³-hybridized carbons (Fsp3) is 0.346. The fourth-order valence-corrected chi connectivity index (χ4v) is 5.14. The maximum Gasteiger partial charge on any atom is 0.250 e. The molecule has 0 radical (unpaired) electrons. The number of amides is 2. The Kier molecular flexibility index (Phi) is 6.29. The van der Waals surface area contributed by atoms with E-state index in [1.54, 1.807) is 29.4 Å². The number of likely N-dealkylation sites (tertiary alicyclic amines) is 2. The molecule has 0 spiro atoms. The Bertz CT molecular complexity index is 1290. The monoisotopic (exact) mass is 469 g/mol. The SMILES string of the molecule is N#C[C@@H]1CCCN1C(=O)CN1CC[C@H](N(c2cccnc2)c2ccc3cccc(C(N)=O)c3n2)C1. The molecule has 2 atom stereocenters. The zero-order valence-corrected chi connectivity index (χ0v) is 19.4. The number of primary amides is 1. The van der Waals surface area contributed by atoms with E-state index in [2.05, 4.69) is 20.9 Å². The van der Waals surface area contributed by atoms with E-state index < -0.39 is 5.91 Å². The van der Waals surface area contributed by atoms with Gasteiger partial charge in [-0.1, -0.05) is 12.1 Å². The van der Waals surface area contributed by atoms with Gasteiger partial charge in [-0.2, -0.15) is 5.26 Å². The number of hydrogen-bond acceptors (Lipinski definition) is 7. The van der Waals surface area contributed by atoms with Crippen LogP contribution < -0.4 is 10.6 Å². The molecule has 2 amide bonds. The molecule has 3 aromatic rings. The number of benzene rings is 1. The maximum absolute atomic E-state index is 12.9. The van der Waals surface area contributed by atoms with Gasteiger partial charge in [0.15, 0.2) is 0 Å². The minimum atomic E-state index is -0.517. The lowest BCUT2D eigenvalue weighted by molar-refractivity contribution is -0.132. The van der Waals surface area contributed by atoms with Crippen LogP contribution in [0.5, 0.6) is 0 Å². The third-order valence-corrected chi connectivity index (χ3v) is 6.84. The second-order valence-corrected chi connectivity index (χ2v) is 9.04. The molecule has 2 saturated heterocycles. The number of para-hydroxylation sites is 1. The van der Waals surface area contributed by atoms with Crippen LogP contribution in [0.1, 0.15) is 29.6 Å². The number of pyridine rings is 2. The van der Waals surface area contributed by atoms with Crippen LogP contribution in [-0.4, -0.2) is 69.8 Å². The van der Waals surface area contributed by atoms with Gasteiger partial charge in [0.05, 0.1) is 35.6 Å². The molecule has 0 unspecified atom stereocenters. The number of carbonyl (C=O) groups excluding carboxylic acids is 2. The van der Waals surface area contributed by atoms with Gasteiger partial charge in [-0.05, 0) is 49.6 Å². The van der Waals surface area contributed by atoms with Crippen molar-refractivity contribution in [2.75, 3.05) is 31.1 Å². The molecule has 9 heteroatoms. The lowest BCUT2D eigenvalue weighted by Crippen LogP contribution is -2.42. The fourth-order valence-electron chi connectivity index (χ4n) is 5.14. The second-order valence-electron chi connectivity index (χ2n) is 9.04. The lowest BCUT2D eigenvalue weighted by atomic mass is 10.1. The zero-order valence-electron chi connectivity index (χ0n) is 19.4. The van der Waals surface area contributed by atoms with Crippen molar-refractivity contribution in [1.29, 1.82) is 5.26 Å². The number of fused-ring (bicyclic) bond motifs is 1. The van der Waals surface area contributed by atoms with Crippen LogP contribution in [0.25, 0.3) is 10.9 Å². The van der Waals surface area contributed by atoms with Gasteiger partial charge in [0.25, 0.3) is 5.91 Å². The molecular formula is C26H27N7O2. The highest BCUT2D eigenvalue weighted by Gasteiger charge is 2.34. The molecule has 0 aliphatic carbocycles. The average Bonchev–Trinajstić information content (AvgIpc) is 3.54. The smallest absolute Gasteiger partial charge is 0.250 e. The Morgan fingerprint density at radius 2 is 2.03 bits per heavy atom. The summed E-state index contributed by atoms with van der Waals surface area (Å²) in [4.78, 5) is 40.0. The number of nitrogens with two attached hydrogens (primary N) is 1. The van der Waals surface area contributed by atoms with Gasteiger partial charge in [0.1, 0.15) is 11.9 Å². The molecule has 35 heavy (non-hydrogen) atoms. The van der Waals surface area contributed by atoms with Gasteiger partial charge in [-0.15, -0.1) is 0 Å². The molecule has 4 heterocycles. The van der Waals surface area contributed by atoms with Crippen molar-refractivity contribution >= 4 is 34.2 Å². The highest BCUT2D eigenvalue weighted by atomic mass is 16.2. The number of anilines is 2. The highest BCUT2D eigenvalue weighted by Crippen LogP contribution is 2.32. The van der Waals surface area contributed by atoms with Crippen LogP contribution in [0.2, 0.25) is 0 Å². The summed E-state index contributed by atoms with van der Waals surface area (Å²) in [5.41, 5.74) is 7.44. The summed E-state index contributed by atoms with van der Waals surface area (Å²) in [6.07, 6.45) is 5.98. The van der Waals surface area contributed by atoms with Gasteiger partial charge >= 0.3 is 0 Å². The molecule has 2 N–H and O–H groups in total. The molecule has 2 aliphatic heterocycles. The van der Waals surface area contributed by atoms with Crippen molar-refractivity contribution in [1.82, 2.24) is 19.8 Å². The van der Waals surface area contributed by atoms with Crippen molar-refractivity contribution < 1.29 is 9.59 Å². The maximum atomic E-state index is 12.9. The normalized spacial score (nSPS) is 20.1. The number of rotatable bonds is 6. The Balaban J connectivity index is 1.42. The lowest BCUT2D eigenvalue weighted by Gasteiger charge is -2.30. The first kappa shape index (κ1) is 22.7. The summed E-state index contributed by atoms with van der Waals surface area (Å²) >= 11 is 0. The van der Waals surface area contributed by atoms with Crippen molar-refractivity contribution in [3.8, 4) is 6.07 Å². The highest BCUT2D eigenvalue weighted by molar-refractivity contribution is 6.05. The van der Waals surface area contributed by atoms with Gasteiger partial charge in [-0.25, -0.2) is 4.98 Å². The van der Waals surface area contributed by atoms with E-state index in [0.29, 0.717) is 36.5 Å². The van der Waals surface area contributed by atoms with Crippen LogP contribution in [0.15, 0.2) is 54.9 Å². The summed E-state index contributed by atoms with van der Waals surface area (Å²) in [5, 5.41) is 10.2. The molecule has 178 valence electrons. The third kappa shape index (κ3) is 4.53. The van der Waals surface area contributed by atoms with E-state index in [4.69, 9.17) is 10.7 Å². The van der Waals surface area contributed by atoms with Gasteiger partial charge < -0.3 is 15.5 Å². The minimum Gasteiger partial charge on any atom is -0.366 e. The predicted octanol–water partition coefficient (Wildman–Crippen LogP) is 2.46. The summed E-state index contributed by atoms with van der Waals surface area (Å²) in [6, 6.07) is 15.1. The minimum absolute atomic E-state index is 0.0116. The summed E-state index contributed by atoms with van der Waals surface area (Å²) in [5.74, 6) is 0.190. The summed E-state index contributed by atoms with van der Waals surface area (Å²) in [7, 11) is 0. The topological polar surface area (TPSA) is 119 Å². The first-order valence-corrected chi connectivity index (χ1v) is 11.9. The van der Waals surface area contributed by atoms with E-state index in [1.807, 2.05) is 30.3 Å². The molecule has 2 aliphatic rings. The van der Waals surface area contributed by atoms with Crippen molar-refractivity contribution in [2.45, 2.75) is 31.3 Å². The Morgan fingerprint density at radius 3 is 2.80 bits per heavy atom. The quantitative estimate of drug-likeness (QED) is 0.589. The largest absolute Gasteiger partial charge is 0.366 e. The molecule has 0 saturated carbocycles. The predicted molar refractivity (Wildman–Crippen MR) is 132 cm³/mol. The zero-order chi connectivity index (χ0) is 24.4. The molecular weight excluding hydrogens is 442 g/mol. The molecule has 2 fully saturated rings. The number of aromatic nitrogens is 2. The van der Waals surface area contributed by atoms with Gasteiger partial charge in [0.2, 0.25) is 5.91 Å². The molecule has 2 aromatic heterocycles. The Labute approximate surface area is 203 Å². The van der Waals surface area contributed by atoms with E-state index in [1.165, 1.54) is 0 Å². The van der Waals surface area contributed by atoms with Crippen molar-refractivity contribution in [3.05, 3.63) is 60.4 Å². The van der Waals surface area contributed by atoms with Crippen molar-refractivity contribution in [2.24, 2.45) is 5.73 Å². The number of carbonyl (C=O) groups is 2. The van der Waals surface area contributed by atoms with Crippen LogP contribution in [-0.2, 0) is 4.79 Å². The third-order valence-electron chi connectivity index (χ3n) is 6.84. The van der Waals surface area contributed by atoms with E-state index in [-0.39, 0.29) is 18.0 Å². The molecule has 9 nitrogen and oxygen atoms in total. The molecule has 5 rings (SSSR count). The van der Waals surface area contributed by atoms with Crippen LogP contribution >= 0.6 is 0 Å². The van der Waals surface area contributed by atoms with Crippen molar-refractivity contribution in [3.63, 3.8) is 0 Å². The Hall–Kier alpha value is -4.03. The number of hydrogen-bond donors (Lipinski definition) is 1. The van der Waals surface area contributed by atoms with Crippen LogP contribution in [0, 0.1) is 11.3 Å². The average molecular weight is 470 g/mol. The van der Waals surface area contributed by atoms with E-state index in [0.717, 1.165) is 36.9 Å². The van der Waals surface area contributed by atoms with Crippen LogP contribution in [0.4, 0.5) is 11.5 Å². The van der Waals surface area contributed by atoms with E-state index >= 15 is 0 Å².